The summed E-state index contributed by atoms with van der Waals surface area (Å²) in [5.74, 6) is -0.193. The van der Waals surface area contributed by atoms with Crippen LogP contribution in [0, 0.1) is 13.8 Å². The molecule has 0 bridgehead atoms. The number of benzene rings is 1. The van der Waals surface area contributed by atoms with Crippen molar-refractivity contribution in [3.8, 4) is 0 Å². The summed E-state index contributed by atoms with van der Waals surface area (Å²) < 4.78 is 2.07. The minimum absolute atomic E-state index is 0.188. The van der Waals surface area contributed by atoms with E-state index >= 15 is 0 Å². The smallest absolute Gasteiger partial charge is 0.293 e. The van der Waals surface area contributed by atoms with Crippen LogP contribution in [0.4, 0.5) is 4.79 Å². The maximum absolute atomic E-state index is 12.6. The molecule has 1 aliphatic rings. The Bertz CT molecular complexity index is 821. The number of hydrogen-bond donors (Lipinski definition) is 0. The van der Waals surface area contributed by atoms with E-state index in [0.717, 1.165) is 34.3 Å². The quantitative estimate of drug-likeness (QED) is 0.792. The summed E-state index contributed by atoms with van der Waals surface area (Å²) in [6, 6.07) is 11.9. The van der Waals surface area contributed by atoms with Crippen LogP contribution in [0.1, 0.15) is 22.5 Å². The molecule has 124 valence electrons. The maximum Gasteiger partial charge on any atom is 0.293 e. The van der Waals surface area contributed by atoms with E-state index in [9.17, 15) is 9.59 Å². The molecule has 1 aromatic heterocycles. The molecule has 4 nitrogen and oxygen atoms in total. The number of rotatable bonds is 4. The highest BCUT2D eigenvalue weighted by molar-refractivity contribution is 8.18. The van der Waals surface area contributed by atoms with Crippen molar-refractivity contribution < 1.29 is 9.59 Å². The predicted octanol–water partition coefficient (Wildman–Crippen LogP) is 3.92. The first-order chi connectivity index (χ1) is 11.5. The lowest BCUT2D eigenvalue weighted by atomic mass is 10.1. The molecule has 0 radical (unpaired) electrons. The maximum atomic E-state index is 12.6. The lowest BCUT2D eigenvalue weighted by Gasteiger charge is -2.12. The third kappa shape index (κ3) is 3.17. The van der Waals surface area contributed by atoms with E-state index in [4.69, 9.17) is 0 Å². The number of carbonyl (C=O) groups is 2. The molecule has 0 spiro atoms. The molecular formula is C19H20N2O2S. The molecule has 24 heavy (non-hydrogen) atoms. The van der Waals surface area contributed by atoms with Crippen LogP contribution in [0.3, 0.4) is 0 Å². The standard InChI is InChI=1S/C19H20N2O2S/c1-13-11-16(14(2)20(13)3)12-17-18(22)21(19(23)24-17)10-9-15-7-5-4-6-8-15/h4-8,11-12H,9-10H2,1-3H3/b17-12-. The van der Waals surface area contributed by atoms with Crippen molar-refractivity contribution in [3.63, 3.8) is 0 Å². The Balaban J connectivity index is 1.76. The summed E-state index contributed by atoms with van der Waals surface area (Å²) in [6.45, 7) is 4.45. The van der Waals surface area contributed by atoms with Crippen molar-refractivity contribution in [2.75, 3.05) is 6.54 Å². The van der Waals surface area contributed by atoms with Gasteiger partial charge in [0.05, 0.1) is 4.91 Å². The van der Waals surface area contributed by atoms with Crippen LogP contribution in [0.15, 0.2) is 41.3 Å². The summed E-state index contributed by atoms with van der Waals surface area (Å²) in [7, 11) is 1.99. The second kappa shape index (κ2) is 6.69. The lowest BCUT2D eigenvalue weighted by Crippen LogP contribution is -2.30. The topological polar surface area (TPSA) is 42.3 Å². The molecular weight excluding hydrogens is 320 g/mol. The predicted molar refractivity (Wildman–Crippen MR) is 97.7 cm³/mol. The fourth-order valence-corrected chi connectivity index (χ4v) is 3.61. The second-order valence-corrected chi connectivity index (χ2v) is 6.95. The zero-order valence-electron chi connectivity index (χ0n) is 14.1. The Morgan fingerprint density at radius 2 is 1.83 bits per heavy atom. The minimum Gasteiger partial charge on any atom is -0.352 e. The highest BCUT2D eigenvalue weighted by Crippen LogP contribution is 2.33. The molecule has 0 unspecified atom stereocenters. The van der Waals surface area contributed by atoms with Gasteiger partial charge in [-0.3, -0.25) is 14.5 Å². The molecule has 1 aliphatic heterocycles. The Labute approximate surface area is 146 Å². The van der Waals surface area contributed by atoms with Crippen molar-refractivity contribution >= 4 is 29.0 Å². The summed E-state index contributed by atoms with van der Waals surface area (Å²) in [5, 5.41) is -0.188. The first-order valence-electron chi connectivity index (χ1n) is 7.89. The van der Waals surface area contributed by atoms with Crippen molar-refractivity contribution in [2.45, 2.75) is 20.3 Å². The van der Waals surface area contributed by atoms with E-state index in [-0.39, 0.29) is 11.1 Å². The van der Waals surface area contributed by atoms with Crippen LogP contribution in [-0.4, -0.2) is 27.2 Å². The molecule has 2 heterocycles. The molecule has 0 aliphatic carbocycles. The number of aryl methyl sites for hydroxylation is 1. The number of hydrogen-bond acceptors (Lipinski definition) is 3. The zero-order chi connectivity index (χ0) is 17.3. The van der Waals surface area contributed by atoms with Crippen molar-refractivity contribution in [1.82, 2.24) is 9.47 Å². The van der Waals surface area contributed by atoms with E-state index in [1.54, 1.807) is 0 Å². The Morgan fingerprint density at radius 3 is 2.46 bits per heavy atom. The van der Waals surface area contributed by atoms with E-state index in [2.05, 4.69) is 4.57 Å². The van der Waals surface area contributed by atoms with Crippen molar-refractivity contribution in [2.24, 2.45) is 7.05 Å². The normalized spacial score (nSPS) is 16.5. The SMILES string of the molecule is Cc1cc(/C=C2\SC(=O)N(CCc3ccccc3)C2=O)c(C)n1C. The van der Waals surface area contributed by atoms with E-state index in [1.807, 2.05) is 63.4 Å². The van der Waals surface area contributed by atoms with E-state index < -0.39 is 0 Å². The molecule has 0 saturated carbocycles. The fourth-order valence-electron chi connectivity index (χ4n) is 2.75. The van der Waals surface area contributed by atoms with Crippen LogP contribution in [-0.2, 0) is 18.3 Å². The van der Waals surface area contributed by atoms with Crippen molar-refractivity contribution in [3.05, 3.63) is 63.8 Å². The number of carbonyl (C=O) groups excluding carboxylic acids is 2. The Kier molecular flexibility index (Phi) is 4.62. The Hall–Kier alpha value is -2.27. The van der Waals surface area contributed by atoms with Crippen LogP contribution in [0.5, 0.6) is 0 Å². The van der Waals surface area contributed by atoms with Gasteiger partial charge in [-0.2, -0.15) is 0 Å². The zero-order valence-corrected chi connectivity index (χ0v) is 14.9. The van der Waals surface area contributed by atoms with Crippen LogP contribution in [0.2, 0.25) is 0 Å². The van der Waals surface area contributed by atoms with Gasteiger partial charge < -0.3 is 4.57 Å². The van der Waals surface area contributed by atoms with Crippen molar-refractivity contribution in [1.29, 1.82) is 0 Å². The first kappa shape index (κ1) is 16.6. The van der Waals surface area contributed by atoms with Gasteiger partial charge in [-0.05, 0) is 55.3 Å². The average Bonchev–Trinajstić information content (AvgIpc) is 2.98. The average molecular weight is 340 g/mol. The van der Waals surface area contributed by atoms with Gasteiger partial charge in [0.15, 0.2) is 0 Å². The number of aromatic nitrogens is 1. The van der Waals surface area contributed by atoms with Crippen LogP contribution >= 0.6 is 11.8 Å². The first-order valence-corrected chi connectivity index (χ1v) is 8.71. The molecule has 3 rings (SSSR count). The molecule has 1 aromatic carbocycles. The van der Waals surface area contributed by atoms with Gasteiger partial charge in [-0.25, -0.2) is 0 Å². The van der Waals surface area contributed by atoms with Gasteiger partial charge in [0.2, 0.25) is 0 Å². The Morgan fingerprint density at radius 1 is 1.12 bits per heavy atom. The third-order valence-electron chi connectivity index (χ3n) is 4.44. The molecule has 1 fully saturated rings. The second-order valence-electron chi connectivity index (χ2n) is 5.95. The van der Waals surface area contributed by atoms with Gasteiger partial charge in [-0.1, -0.05) is 30.3 Å². The minimum atomic E-state index is -0.193. The highest BCUT2D eigenvalue weighted by Gasteiger charge is 2.34. The van der Waals surface area contributed by atoms with E-state index in [1.165, 1.54) is 4.90 Å². The molecule has 1 saturated heterocycles. The fraction of sp³-hybridized carbons (Fsp3) is 0.263. The summed E-state index contributed by atoms with van der Waals surface area (Å²) >= 11 is 1.02. The monoisotopic (exact) mass is 340 g/mol. The molecule has 0 atom stereocenters. The van der Waals surface area contributed by atoms with Gasteiger partial charge in [0.1, 0.15) is 0 Å². The number of thioether (sulfide) groups is 1. The molecule has 0 N–H and O–H groups in total. The van der Waals surface area contributed by atoms with Gasteiger partial charge in [0, 0.05) is 25.0 Å². The number of nitrogens with zero attached hydrogens (tertiary/aromatic N) is 2. The summed E-state index contributed by atoms with van der Waals surface area (Å²) in [5.41, 5.74) is 4.32. The number of imide groups is 1. The van der Waals surface area contributed by atoms with Crippen LogP contribution < -0.4 is 0 Å². The van der Waals surface area contributed by atoms with E-state index in [0.29, 0.717) is 17.9 Å². The molecule has 5 heteroatoms. The summed E-state index contributed by atoms with van der Waals surface area (Å²) in [6.07, 6.45) is 2.51. The van der Waals surface area contributed by atoms with Gasteiger partial charge >= 0.3 is 0 Å². The van der Waals surface area contributed by atoms with Crippen LogP contribution in [0.25, 0.3) is 6.08 Å². The highest BCUT2D eigenvalue weighted by atomic mass is 32.2. The van der Waals surface area contributed by atoms with Gasteiger partial charge in [-0.15, -0.1) is 0 Å². The molecule has 2 amide bonds. The molecule has 2 aromatic rings. The lowest BCUT2D eigenvalue weighted by molar-refractivity contribution is -0.122. The number of amides is 2. The largest absolute Gasteiger partial charge is 0.352 e. The van der Waals surface area contributed by atoms with Gasteiger partial charge in [0.25, 0.3) is 11.1 Å². The third-order valence-corrected chi connectivity index (χ3v) is 5.35. The summed E-state index contributed by atoms with van der Waals surface area (Å²) in [4.78, 5) is 26.6.